The van der Waals surface area contributed by atoms with E-state index in [1.807, 2.05) is 0 Å². The van der Waals surface area contributed by atoms with E-state index in [2.05, 4.69) is 5.32 Å². The van der Waals surface area contributed by atoms with Crippen molar-refractivity contribution in [2.75, 3.05) is 20.3 Å². The van der Waals surface area contributed by atoms with Crippen LogP contribution in [0.4, 0.5) is 0 Å². The Bertz CT molecular complexity index is 491. The molecule has 7 heteroatoms. The van der Waals surface area contributed by atoms with Crippen LogP contribution < -0.4 is 14.8 Å². The van der Waals surface area contributed by atoms with E-state index in [-0.39, 0.29) is 19.1 Å². The van der Waals surface area contributed by atoms with E-state index in [0.29, 0.717) is 5.75 Å². The maximum atomic E-state index is 11.0. The summed E-state index contributed by atoms with van der Waals surface area (Å²) in [6.45, 7) is 1.56. The third-order valence-electron chi connectivity index (χ3n) is 3.50. The summed E-state index contributed by atoms with van der Waals surface area (Å²) in [6.07, 6.45) is -2.90. The van der Waals surface area contributed by atoms with Crippen LogP contribution in [0.3, 0.4) is 0 Å². The van der Waals surface area contributed by atoms with E-state index in [1.54, 1.807) is 31.4 Å². The fourth-order valence-corrected chi connectivity index (χ4v) is 2.27. The third kappa shape index (κ3) is 4.09. The van der Waals surface area contributed by atoms with Crippen molar-refractivity contribution >= 4 is 5.91 Å². The number of amides is 1. The van der Waals surface area contributed by atoms with Gasteiger partial charge in [0.1, 0.15) is 36.4 Å². The molecule has 22 heavy (non-hydrogen) atoms. The molecule has 0 bridgehead atoms. The summed E-state index contributed by atoms with van der Waals surface area (Å²) in [4.78, 5) is 11.0. The second-order valence-corrected chi connectivity index (χ2v) is 5.15. The fraction of sp³-hybridized carbons (Fsp3) is 0.533. The van der Waals surface area contributed by atoms with Gasteiger partial charge in [0.05, 0.1) is 19.8 Å². The molecule has 0 aliphatic carbocycles. The van der Waals surface area contributed by atoms with Gasteiger partial charge in [-0.25, -0.2) is 0 Å². The van der Waals surface area contributed by atoms with Crippen LogP contribution in [-0.2, 0) is 9.53 Å². The van der Waals surface area contributed by atoms with Crippen molar-refractivity contribution in [3.63, 3.8) is 0 Å². The molecule has 1 aromatic rings. The molecule has 7 nitrogen and oxygen atoms in total. The first kappa shape index (κ1) is 16.5. The number of aliphatic hydroxyl groups excluding tert-OH is 2. The first-order valence-corrected chi connectivity index (χ1v) is 7.03. The highest BCUT2D eigenvalue weighted by Crippen LogP contribution is 2.20. The molecule has 4 atom stereocenters. The van der Waals surface area contributed by atoms with Crippen molar-refractivity contribution < 1.29 is 29.2 Å². The van der Waals surface area contributed by atoms with E-state index in [1.165, 1.54) is 6.92 Å². The molecule has 1 aromatic carbocycles. The lowest BCUT2D eigenvalue weighted by atomic mass is 9.98. The third-order valence-corrected chi connectivity index (χ3v) is 3.50. The van der Waals surface area contributed by atoms with Crippen LogP contribution in [0.1, 0.15) is 6.92 Å². The predicted molar refractivity (Wildman–Crippen MR) is 77.8 cm³/mol. The Morgan fingerprint density at radius 1 is 1.27 bits per heavy atom. The summed E-state index contributed by atoms with van der Waals surface area (Å²) in [7, 11) is 1.58. The summed E-state index contributed by atoms with van der Waals surface area (Å²) < 4.78 is 16.1. The molecule has 122 valence electrons. The summed E-state index contributed by atoms with van der Waals surface area (Å²) in [5.74, 6) is 1.04. The highest BCUT2D eigenvalue weighted by molar-refractivity contribution is 5.73. The predicted octanol–water partition coefficient (Wildman–Crippen LogP) is -0.301. The molecular formula is C15H21NO6. The van der Waals surface area contributed by atoms with Gasteiger partial charge in [-0.05, 0) is 24.3 Å². The zero-order valence-corrected chi connectivity index (χ0v) is 12.6. The number of methoxy groups -OCH3 is 1. The molecular weight excluding hydrogens is 290 g/mol. The van der Waals surface area contributed by atoms with Crippen molar-refractivity contribution in [1.29, 1.82) is 0 Å². The number of hydrogen-bond acceptors (Lipinski definition) is 6. The molecule has 0 saturated carbocycles. The molecule has 1 aliphatic heterocycles. The second-order valence-electron chi connectivity index (χ2n) is 5.15. The SMILES string of the molecule is COc1ccc(OC[C@H]2OC[C@H](NC(C)=O)[C@@H](O)[C@H]2O)cc1. The number of nitrogens with one attached hydrogen (secondary N) is 1. The van der Waals surface area contributed by atoms with Crippen LogP contribution in [0.25, 0.3) is 0 Å². The number of carbonyl (C=O) groups is 1. The van der Waals surface area contributed by atoms with Gasteiger partial charge < -0.3 is 29.7 Å². The monoisotopic (exact) mass is 311 g/mol. The zero-order chi connectivity index (χ0) is 16.1. The van der Waals surface area contributed by atoms with Crippen LogP contribution in [-0.4, -0.2) is 60.8 Å². The summed E-state index contributed by atoms with van der Waals surface area (Å²) >= 11 is 0. The molecule has 1 amide bonds. The molecule has 1 saturated heterocycles. The van der Waals surface area contributed by atoms with E-state index in [0.717, 1.165) is 5.75 Å². The van der Waals surface area contributed by atoms with Gasteiger partial charge >= 0.3 is 0 Å². The second kappa shape index (κ2) is 7.44. The Kier molecular flexibility index (Phi) is 5.59. The minimum Gasteiger partial charge on any atom is -0.497 e. The molecule has 0 aromatic heterocycles. The van der Waals surface area contributed by atoms with Crippen LogP contribution in [0.2, 0.25) is 0 Å². The molecule has 1 heterocycles. The number of benzene rings is 1. The molecule has 1 aliphatic rings. The Morgan fingerprint density at radius 3 is 2.50 bits per heavy atom. The fourth-order valence-electron chi connectivity index (χ4n) is 2.27. The highest BCUT2D eigenvalue weighted by Gasteiger charge is 2.39. The van der Waals surface area contributed by atoms with Crippen molar-refractivity contribution in [3.8, 4) is 11.5 Å². The quantitative estimate of drug-likeness (QED) is 0.691. The van der Waals surface area contributed by atoms with Crippen molar-refractivity contribution in [3.05, 3.63) is 24.3 Å². The van der Waals surface area contributed by atoms with Crippen molar-refractivity contribution in [1.82, 2.24) is 5.32 Å². The van der Waals surface area contributed by atoms with Crippen LogP contribution >= 0.6 is 0 Å². The standard InChI is InChI=1S/C15H21NO6/c1-9(17)16-12-7-22-13(15(19)14(12)18)8-21-11-5-3-10(20-2)4-6-11/h3-6,12-15,18-19H,7-8H2,1-2H3,(H,16,17)/t12-,13+,14+,15-/m0/s1. The zero-order valence-electron chi connectivity index (χ0n) is 12.6. The maximum Gasteiger partial charge on any atom is 0.217 e. The molecule has 1 fully saturated rings. The van der Waals surface area contributed by atoms with Crippen LogP contribution in [0.15, 0.2) is 24.3 Å². The summed E-state index contributed by atoms with van der Waals surface area (Å²) in [6, 6.07) is 6.38. The smallest absolute Gasteiger partial charge is 0.217 e. The van der Waals surface area contributed by atoms with Gasteiger partial charge in [0.2, 0.25) is 5.91 Å². The number of hydrogen-bond donors (Lipinski definition) is 3. The highest BCUT2D eigenvalue weighted by atomic mass is 16.5. The molecule has 0 unspecified atom stereocenters. The maximum absolute atomic E-state index is 11.0. The Balaban J connectivity index is 1.87. The van der Waals surface area contributed by atoms with Crippen molar-refractivity contribution in [2.45, 2.75) is 31.3 Å². The first-order valence-electron chi connectivity index (χ1n) is 7.03. The number of ether oxygens (including phenoxy) is 3. The van der Waals surface area contributed by atoms with Gasteiger partial charge in [-0.15, -0.1) is 0 Å². The van der Waals surface area contributed by atoms with Gasteiger partial charge in [0, 0.05) is 6.92 Å². The number of aliphatic hydroxyl groups is 2. The van der Waals surface area contributed by atoms with E-state index >= 15 is 0 Å². The van der Waals surface area contributed by atoms with Gasteiger partial charge in [-0.2, -0.15) is 0 Å². The van der Waals surface area contributed by atoms with Crippen LogP contribution in [0.5, 0.6) is 11.5 Å². The van der Waals surface area contributed by atoms with Crippen molar-refractivity contribution in [2.24, 2.45) is 0 Å². The Morgan fingerprint density at radius 2 is 1.91 bits per heavy atom. The van der Waals surface area contributed by atoms with Gasteiger partial charge in [-0.1, -0.05) is 0 Å². The Hall–Kier alpha value is -1.83. The lowest BCUT2D eigenvalue weighted by Crippen LogP contribution is -2.60. The minimum atomic E-state index is -1.14. The molecule has 3 N–H and O–H groups in total. The normalized spacial score (nSPS) is 28.0. The first-order chi connectivity index (χ1) is 10.5. The van der Waals surface area contributed by atoms with E-state index in [9.17, 15) is 15.0 Å². The van der Waals surface area contributed by atoms with Gasteiger partial charge in [-0.3, -0.25) is 4.79 Å². The minimum absolute atomic E-state index is 0.0946. The Labute approximate surface area is 128 Å². The average molecular weight is 311 g/mol. The van der Waals surface area contributed by atoms with E-state index < -0.39 is 24.4 Å². The lowest BCUT2D eigenvalue weighted by Gasteiger charge is -2.37. The van der Waals surface area contributed by atoms with Gasteiger partial charge in [0.25, 0.3) is 0 Å². The summed E-state index contributed by atoms with van der Waals surface area (Å²) in [5.41, 5.74) is 0. The topological polar surface area (TPSA) is 97.2 Å². The lowest BCUT2D eigenvalue weighted by molar-refractivity contribution is -0.162. The van der Waals surface area contributed by atoms with Gasteiger partial charge in [0.15, 0.2) is 0 Å². The molecule has 2 rings (SSSR count). The van der Waals surface area contributed by atoms with E-state index in [4.69, 9.17) is 14.2 Å². The molecule has 0 spiro atoms. The largest absolute Gasteiger partial charge is 0.497 e. The number of carbonyl (C=O) groups excluding carboxylic acids is 1. The van der Waals surface area contributed by atoms with Crippen LogP contribution in [0, 0.1) is 0 Å². The summed E-state index contributed by atoms with van der Waals surface area (Å²) in [5, 5.41) is 22.6. The molecule has 0 radical (unpaired) electrons. The average Bonchev–Trinajstić information content (AvgIpc) is 2.51. The number of rotatable bonds is 5.